The fourth-order valence-electron chi connectivity index (χ4n) is 5.93. The van der Waals surface area contributed by atoms with E-state index in [0.717, 1.165) is 15.4 Å². The second kappa shape index (κ2) is 12.5. The molecule has 2 aliphatic heterocycles. The van der Waals surface area contributed by atoms with E-state index in [-0.39, 0.29) is 22.4 Å². The van der Waals surface area contributed by atoms with Gasteiger partial charge in [-0.25, -0.2) is 9.80 Å². The van der Waals surface area contributed by atoms with Crippen LogP contribution in [0.2, 0.25) is 0 Å². The predicted molar refractivity (Wildman–Crippen MR) is 189 cm³/mol. The van der Waals surface area contributed by atoms with Crippen molar-refractivity contribution in [1.29, 1.82) is 0 Å². The highest BCUT2D eigenvalue weighted by molar-refractivity contribution is 6.35. The standard InChI is InChI=1S/C42H24N2O7/c45-30-18-20-36-38(24-30)42(49)44(40(36)47)29-10-5-12-32(23-29)51-34-14-6-13-33(25-34)50-31-11-4-9-28(22-31)43-39(46)35-19-17-27(21-37(35)41(43)48)16-15-26-7-2-1-3-8-26/h1-14,17-25,45H. The first-order valence-corrected chi connectivity index (χ1v) is 15.8. The van der Waals surface area contributed by atoms with Gasteiger partial charge in [-0.05, 0) is 84.9 Å². The van der Waals surface area contributed by atoms with Crippen LogP contribution in [-0.4, -0.2) is 28.7 Å². The maximum atomic E-state index is 13.5. The molecule has 6 aromatic rings. The highest BCUT2D eigenvalue weighted by Crippen LogP contribution is 2.36. The number of nitrogens with zero attached hydrogens (tertiary/aromatic N) is 2. The number of phenolic OH excluding ortho intramolecular Hbond substituents is 1. The Labute approximate surface area is 291 Å². The van der Waals surface area contributed by atoms with Crippen molar-refractivity contribution in [2.45, 2.75) is 0 Å². The van der Waals surface area contributed by atoms with Crippen LogP contribution < -0.4 is 19.3 Å². The second-order valence-corrected chi connectivity index (χ2v) is 11.7. The van der Waals surface area contributed by atoms with E-state index in [2.05, 4.69) is 11.8 Å². The van der Waals surface area contributed by atoms with Gasteiger partial charge in [0.15, 0.2) is 0 Å². The number of fused-ring (bicyclic) bond motifs is 2. The molecular formula is C42H24N2O7. The lowest BCUT2D eigenvalue weighted by molar-refractivity contribution is 0.0910. The third kappa shape index (κ3) is 5.83. The van der Waals surface area contributed by atoms with Crippen molar-refractivity contribution >= 4 is 35.0 Å². The Morgan fingerprint density at radius 1 is 0.412 bits per heavy atom. The Morgan fingerprint density at radius 2 is 0.882 bits per heavy atom. The van der Waals surface area contributed by atoms with E-state index in [1.165, 1.54) is 18.2 Å². The SMILES string of the molecule is O=C1c2ccc(O)cc2C(=O)N1c1cccc(Oc2cccc(Oc3cccc(N4C(=O)c5ccc(C#Cc6ccccc6)cc5C4=O)c3)c2)c1. The van der Waals surface area contributed by atoms with Crippen LogP contribution in [0.25, 0.3) is 0 Å². The molecule has 0 radical (unpaired) electrons. The van der Waals surface area contributed by atoms with Crippen LogP contribution in [0.1, 0.15) is 52.6 Å². The predicted octanol–water partition coefficient (Wildman–Crippen LogP) is 7.98. The van der Waals surface area contributed by atoms with Crippen LogP contribution in [-0.2, 0) is 0 Å². The number of hydrogen-bond donors (Lipinski definition) is 1. The van der Waals surface area contributed by atoms with Gasteiger partial charge in [0.05, 0.1) is 33.6 Å². The molecule has 0 atom stereocenters. The van der Waals surface area contributed by atoms with Crippen molar-refractivity contribution in [1.82, 2.24) is 0 Å². The number of phenols is 1. The first-order valence-electron chi connectivity index (χ1n) is 15.8. The Balaban J connectivity index is 0.979. The molecule has 6 aromatic carbocycles. The fraction of sp³-hybridized carbons (Fsp3) is 0. The summed E-state index contributed by atoms with van der Waals surface area (Å²) < 4.78 is 12.2. The monoisotopic (exact) mass is 668 g/mol. The summed E-state index contributed by atoms with van der Waals surface area (Å²) in [7, 11) is 0. The molecule has 0 spiro atoms. The molecule has 0 aliphatic carbocycles. The summed E-state index contributed by atoms with van der Waals surface area (Å²) in [5.41, 5.74) is 3.04. The molecule has 8 rings (SSSR count). The molecular weight excluding hydrogens is 644 g/mol. The van der Waals surface area contributed by atoms with E-state index in [9.17, 15) is 24.3 Å². The number of hydrogen-bond acceptors (Lipinski definition) is 7. The van der Waals surface area contributed by atoms with Crippen LogP contribution in [0.4, 0.5) is 11.4 Å². The molecule has 0 unspecified atom stereocenters. The first-order chi connectivity index (χ1) is 24.8. The Bertz CT molecular complexity index is 2500. The number of benzene rings is 6. The number of ether oxygens (including phenoxy) is 2. The van der Waals surface area contributed by atoms with Crippen LogP contribution in [0.3, 0.4) is 0 Å². The smallest absolute Gasteiger partial charge is 0.266 e. The highest BCUT2D eigenvalue weighted by atomic mass is 16.5. The van der Waals surface area contributed by atoms with Gasteiger partial charge in [-0.2, -0.15) is 0 Å². The van der Waals surface area contributed by atoms with Gasteiger partial charge in [-0.15, -0.1) is 0 Å². The summed E-state index contributed by atoms with van der Waals surface area (Å²) in [4.78, 5) is 55.0. The molecule has 0 saturated carbocycles. The number of carbonyl (C=O) groups is 4. The van der Waals surface area contributed by atoms with E-state index >= 15 is 0 Å². The van der Waals surface area contributed by atoms with Crippen molar-refractivity contribution in [2.24, 2.45) is 0 Å². The number of carbonyl (C=O) groups excluding carboxylic acids is 4. The van der Waals surface area contributed by atoms with Crippen LogP contribution >= 0.6 is 0 Å². The molecule has 0 bridgehead atoms. The molecule has 0 aromatic heterocycles. The summed E-state index contributed by atoms with van der Waals surface area (Å²) in [5, 5.41) is 9.81. The highest BCUT2D eigenvalue weighted by Gasteiger charge is 2.38. The third-order valence-corrected chi connectivity index (χ3v) is 8.31. The van der Waals surface area contributed by atoms with Gasteiger partial charge < -0.3 is 14.6 Å². The van der Waals surface area contributed by atoms with E-state index in [1.54, 1.807) is 91.0 Å². The topological polar surface area (TPSA) is 113 Å². The average Bonchev–Trinajstić information content (AvgIpc) is 3.54. The van der Waals surface area contributed by atoms with Crippen LogP contribution in [0.15, 0.2) is 140 Å². The molecule has 2 heterocycles. The van der Waals surface area contributed by atoms with Gasteiger partial charge >= 0.3 is 0 Å². The maximum Gasteiger partial charge on any atom is 0.266 e. The second-order valence-electron chi connectivity index (χ2n) is 11.7. The Hall–Kier alpha value is -7.44. The van der Waals surface area contributed by atoms with Gasteiger partial charge in [0, 0.05) is 29.3 Å². The molecule has 0 saturated heterocycles. The molecule has 244 valence electrons. The van der Waals surface area contributed by atoms with E-state index in [0.29, 0.717) is 45.5 Å². The molecule has 51 heavy (non-hydrogen) atoms. The fourth-order valence-corrected chi connectivity index (χ4v) is 5.93. The lowest BCUT2D eigenvalue weighted by Crippen LogP contribution is -2.29. The van der Waals surface area contributed by atoms with Crippen LogP contribution in [0, 0.1) is 11.8 Å². The van der Waals surface area contributed by atoms with Crippen molar-refractivity contribution in [3.63, 3.8) is 0 Å². The number of rotatable bonds is 6. The molecule has 2 aliphatic rings. The van der Waals surface area contributed by atoms with Gasteiger partial charge in [0.25, 0.3) is 23.6 Å². The Kier molecular flexibility index (Phi) is 7.59. The number of anilines is 2. The minimum atomic E-state index is -0.542. The first kappa shape index (κ1) is 30.9. The zero-order valence-electron chi connectivity index (χ0n) is 26.6. The normalized spacial score (nSPS) is 13.1. The molecule has 1 N–H and O–H groups in total. The zero-order valence-corrected chi connectivity index (χ0v) is 26.6. The van der Waals surface area contributed by atoms with Crippen molar-refractivity contribution in [2.75, 3.05) is 9.80 Å². The molecule has 0 fully saturated rings. The summed E-state index contributed by atoms with van der Waals surface area (Å²) >= 11 is 0. The number of amides is 4. The summed E-state index contributed by atoms with van der Waals surface area (Å²) in [5.74, 6) is 5.69. The summed E-state index contributed by atoms with van der Waals surface area (Å²) in [6.07, 6.45) is 0. The van der Waals surface area contributed by atoms with Gasteiger partial charge in [-0.1, -0.05) is 48.2 Å². The average molecular weight is 669 g/mol. The lowest BCUT2D eigenvalue weighted by Gasteiger charge is -2.16. The van der Waals surface area contributed by atoms with E-state index < -0.39 is 23.6 Å². The van der Waals surface area contributed by atoms with Crippen molar-refractivity contribution in [3.05, 3.63) is 173 Å². The lowest BCUT2D eigenvalue weighted by atomic mass is 10.1. The molecule has 9 heteroatoms. The number of aromatic hydroxyl groups is 1. The summed E-state index contributed by atoms with van der Waals surface area (Å²) in [6.45, 7) is 0. The zero-order chi connectivity index (χ0) is 35.1. The maximum absolute atomic E-state index is 13.5. The van der Waals surface area contributed by atoms with Crippen molar-refractivity contribution < 1.29 is 33.8 Å². The quantitative estimate of drug-likeness (QED) is 0.141. The molecule has 4 amide bonds. The summed E-state index contributed by atoms with van der Waals surface area (Å²) in [6, 6.07) is 38.6. The molecule has 9 nitrogen and oxygen atoms in total. The van der Waals surface area contributed by atoms with Crippen molar-refractivity contribution in [3.8, 4) is 40.6 Å². The van der Waals surface area contributed by atoms with E-state index in [4.69, 9.17) is 9.47 Å². The van der Waals surface area contributed by atoms with Crippen LogP contribution in [0.5, 0.6) is 28.7 Å². The Morgan fingerprint density at radius 3 is 1.47 bits per heavy atom. The third-order valence-electron chi connectivity index (χ3n) is 8.31. The van der Waals surface area contributed by atoms with Gasteiger partial charge in [0.1, 0.15) is 28.7 Å². The number of imide groups is 2. The van der Waals surface area contributed by atoms with E-state index in [1.807, 2.05) is 30.3 Å². The minimum absolute atomic E-state index is 0.106. The van der Waals surface area contributed by atoms with Gasteiger partial charge in [0.2, 0.25) is 0 Å². The minimum Gasteiger partial charge on any atom is -0.508 e. The largest absolute Gasteiger partial charge is 0.508 e. The van der Waals surface area contributed by atoms with Gasteiger partial charge in [-0.3, -0.25) is 19.2 Å².